The number of fused-ring (bicyclic) bond motifs is 1. The fraction of sp³-hybridized carbons (Fsp3) is 0.231. The monoisotopic (exact) mass is 525 g/mol. The van der Waals surface area contributed by atoms with Gasteiger partial charge in [0.05, 0.1) is 16.0 Å². The minimum atomic E-state index is -3.36. The molecule has 0 unspecified atom stereocenters. The van der Waals surface area contributed by atoms with Gasteiger partial charge >= 0.3 is 0 Å². The first-order chi connectivity index (χ1) is 16.8. The van der Waals surface area contributed by atoms with Gasteiger partial charge in [0.15, 0.2) is 4.34 Å². The molecule has 182 valence electrons. The lowest BCUT2D eigenvalue weighted by Gasteiger charge is -2.10. The van der Waals surface area contributed by atoms with Gasteiger partial charge in [-0.3, -0.25) is 4.79 Å². The van der Waals surface area contributed by atoms with Crippen molar-refractivity contribution in [1.29, 1.82) is 0 Å². The Balaban J connectivity index is 1.26. The van der Waals surface area contributed by atoms with Crippen LogP contribution in [0, 0.1) is 0 Å². The van der Waals surface area contributed by atoms with E-state index in [1.807, 2.05) is 54.6 Å². The third kappa shape index (κ3) is 7.38. The van der Waals surface area contributed by atoms with Gasteiger partial charge in [-0.05, 0) is 54.8 Å². The summed E-state index contributed by atoms with van der Waals surface area (Å²) in [6, 6.07) is 22.8. The van der Waals surface area contributed by atoms with Crippen molar-refractivity contribution >= 4 is 49.2 Å². The molecule has 9 heteroatoms. The lowest BCUT2D eigenvalue weighted by molar-refractivity contribution is 0.0951. The number of sulfonamides is 1. The van der Waals surface area contributed by atoms with E-state index in [4.69, 9.17) is 0 Å². The summed E-state index contributed by atoms with van der Waals surface area (Å²) in [5.41, 5.74) is 4.35. The summed E-state index contributed by atoms with van der Waals surface area (Å²) in [5.74, 6) is 0.570. The number of thioether (sulfide) groups is 1. The van der Waals surface area contributed by atoms with Crippen molar-refractivity contribution in [2.75, 3.05) is 0 Å². The number of thiazole rings is 1. The SMILES string of the molecule is CC(C)NS(=O)(=O)Cc1ccc(CNC(=O)c2ccc(CSc3nc4ccccc4s3)cc2)cc1. The Morgan fingerprint density at radius 1 is 0.943 bits per heavy atom. The topological polar surface area (TPSA) is 88.2 Å². The fourth-order valence-electron chi connectivity index (χ4n) is 3.47. The Kier molecular flexibility index (Phi) is 8.22. The molecule has 6 nitrogen and oxygen atoms in total. The van der Waals surface area contributed by atoms with Gasteiger partial charge in [0, 0.05) is 23.9 Å². The summed E-state index contributed by atoms with van der Waals surface area (Å²) in [6.07, 6.45) is 0. The molecule has 4 rings (SSSR count). The zero-order valence-corrected chi connectivity index (χ0v) is 22.0. The first kappa shape index (κ1) is 25.4. The molecular weight excluding hydrogens is 499 g/mol. The molecule has 4 aromatic rings. The summed E-state index contributed by atoms with van der Waals surface area (Å²) < 4.78 is 28.9. The molecule has 0 radical (unpaired) electrons. The van der Waals surface area contributed by atoms with Crippen molar-refractivity contribution in [2.45, 2.75) is 42.3 Å². The number of nitrogens with zero attached hydrogens (tertiary/aromatic N) is 1. The average molecular weight is 526 g/mol. The van der Waals surface area contributed by atoms with E-state index in [-0.39, 0.29) is 17.7 Å². The quantitative estimate of drug-likeness (QED) is 0.273. The van der Waals surface area contributed by atoms with Gasteiger partial charge in [-0.1, -0.05) is 60.3 Å². The van der Waals surface area contributed by atoms with Crippen LogP contribution in [-0.4, -0.2) is 25.4 Å². The summed E-state index contributed by atoms with van der Waals surface area (Å²) in [7, 11) is -3.36. The zero-order chi connectivity index (χ0) is 24.8. The fourth-order valence-corrected chi connectivity index (χ4v) is 6.93. The van der Waals surface area contributed by atoms with Crippen LogP contribution in [0.2, 0.25) is 0 Å². The lowest BCUT2D eigenvalue weighted by atomic mass is 10.1. The standard InChI is InChI=1S/C26H27N3O3S3/c1-18(2)29-35(31,32)17-21-9-7-19(8-10-21)15-27-25(30)22-13-11-20(12-14-22)16-33-26-28-23-5-3-4-6-24(23)34-26/h3-14,18,29H,15-17H2,1-2H3,(H,27,30). The minimum Gasteiger partial charge on any atom is -0.348 e. The van der Waals surface area contributed by atoms with E-state index in [1.165, 1.54) is 4.70 Å². The normalized spacial score (nSPS) is 11.7. The molecule has 1 amide bonds. The van der Waals surface area contributed by atoms with E-state index < -0.39 is 10.0 Å². The number of rotatable bonds is 10. The predicted octanol–water partition coefficient (Wildman–Crippen LogP) is 5.35. The van der Waals surface area contributed by atoms with Crippen LogP contribution >= 0.6 is 23.1 Å². The largest absolute Gasteiger partial charge is 0.348 e. The number of carbonyl (C=O) groups excluding carboxylic acids is 1. The average Bonchev–Trinajstić information content (AvgIpc) is 3.24. The molecular formula is C26H27N3O3S3. The van der Waals surface area contributed by atoms with Crippen LogP contribution < -0.4 is 10.0 Å². The van der Waals surface area contributed by atoms with Crippen LogP contribution in [0.3, 0.4) is 0 Å². The van der Waals surface area contributed by atoms with Crippen LogP contribution in [0.1, 0.15) is 40.9 Å². The highest BCUT2D eigenvalue weighted by Crippen LogP contribution is 2.31. The van der Waals surface area contributed by atoms with Crippen LogP contribution in [0.15, 0.2) is 77.1 Å². The summed E-state index contributed by atoms with van der Waals surface area (Å²) in [4.78, 5) is 17.2. The minimum absolute atomic E-state index is 0.0680. The first-order valence-electron chi connectivity index (χ1n) is 11.2. The van der Waals surface area contributed by atoms with Crippen LogP contribution in [0.5, 0.6) is 0 Å². The second-order valence-electron chi connectivity index (χ2n) is 8.46. The van der Waals surface area contributed by atoms with Crippen molar-refractivity contribution in [3.63, 3.8) is 0 Å². The smallest absolute Gasteiger partial charge is 0.251 e. The van der Waals surface area contributed by atoms with Crippen molar-refractivity contribution in [3.8, 4) is 0 Å². The summed E-state index contributed by atoms with van der Waals surface area (Å²) in [5, 5.41) is 2.92. The highest BCUT2D eigenvalue weighted by Gasteiger charge is 2.13. The number of amides is 1. The molecule has 2 N–H and O–H groups in total. The van der Waals surface area contributed by atoms with Crippen molar-refractivity contribution in [3.05, 3.63) is 95.1 Å². The van der Waals surface area contributed by atoms with Gasteiger partial charge < -0.3 is 5.32 Å². The molecule has 0 aliphatic heterocycles. The maximum atomic E-state index is 12.6. The van der Waals surface area contributed by atoms with Crippen LogP contribution in [0.4, 0.5) is 0 Å². The molecule has 0 saturated carbocycles. The number of para-hydroxylation sites is 1. The highest BCUT2D eigenvalue weighted by atomic mass is 32.2. The molecule has 0 aliphatic rings. The van der Waals surface area contributed by atoms with Gasteiger partial charge in [-0.15, -0.1) is 11.3 Å². The summed E-state index contributed by atoms with van der Waals surface area (Å²) in [6.45, 7) is 3.95. The molecule has 0 bridgehead atoms. The molecule has 35 heavy (non-hydrogen) atoms. The maximum Gasteiger partial charge on any atom is 0.251 e. The molecule has 3 aromatic carbocycles. The van der Waals surface area contributed by atoms with E-state index in [0.717, 1.165) is 26.7 Å². The zero-order valence-electron chi connectivity index (χ0n) is 19.5. The van der Waals surface area contributed by atoms with E-state index >= 15 is 0 Å². The van der Waals surface area contributed by atoms with Gasteiger partial charge in [-0.2, -0.15) is 0 Å². The Morgan fingerprint density at radius 2 is 1.60 bits per heavy atom. The third-order valence-corrected chi connectivity index (χ3v) is 8.90. The summed E-state index contributed by atoms with van der Waals surface area (Å²) >= 11 is 3.38. The maximum absolute atomic E-state index is 12.6. The molecule has 1 heterocycles. The molecule has 0 atom stereocenters. The van der Waals surface area contributed by atoms with Gasteiger partial charge in [0.25, 0.3) is 5.91 Å². The predicted molar refractivity (Wildman–Crippen MR) is 144 cm³/mol. The van der Waals surface area contributed by atoms with Crippen molar-refractivity contribution < 1.29 is 13.2 Å². The second kappa shape index (κ2) is 11.3. The molecule has 0 spiro atoms. The number of hydrogen-bond acceptors (Lipinski definition) is 6. The van der Waals surface area contributed by atoms with Crippen LogP contribution in [-0.2, 0) is 28.1 Å². The van der Waals surface area contributed by atoms with Crippen LogP contribution in [0.25, 0.3) is 10.2 Å². The Bertz CT molecular complexity index is 1360. The van der Waals surface area contributed by atoms with E-state index in [2.05, 4.69) is 21.1 Å². The molecule has 0 saturated heterocycles. The number of hydrogen-bond donors (Lipinski definition) is 2. The third-order valence-electron chi connectivity index (χ3n) is 5.10. The van der Waals surface area contributed by atoms with E-state index in [0.29, 0.717) is 17.7 Å². The Morgan fingerprint density at radius 3 is 2.29 bits per heavy atom. The Hall–Kier alpha value is -2.72. The Labute approximate surface area is 214 Å². The van der Waals surface area contributed by atoms with E-state index in [1.54, 1.807) is 49.1 Å². The number of nitrogens with one attached hydrogen (secondary N) is 2. The molecule has 1 aromatic heterocycles. The van der Waals surface area contributed by atoms with Gasteiger partial charge in [0.2, 0.25) is 10.0 Å². The lowest BCUT2D eigenvalue weighted by Crippen LogP contribution is -2.31. The number of aromatic nitrogens is 1. The van der Waals surface area contributed by atoms with E-state index in [9.17, 15) is 13.2 Å². The molecule has 0 fully saturated rings. The number of carbonyl (C=O) groups is 1. The van der Waals surface area contributed by atoms with Gasteiger partial charge in [0.1, 0.15) is 0 Å². The first-order valence-corrected chi connectivity index (χ1v) is 14.7. The number of benzene rings is 3. The second-order valence-corrected chi connectivity index (χ2v) is 12.5. The molecule has 0 aliphatic carbocycles. The van der Waals surface area contributed by atoms with Crippen molar-refractivity contribution in [2.24, 2.45) is 0 Å². The van der Waals surface area contributed by atoms with Gasteiger partial charge in [-0.25, -0.2) is 18.1 Å². The highest BCUT2D eigenvalue weighted by molar-refractivity contribution is 8.00. The van der Waals surface area contributed by atoms with Crippen molar-refractivity contribution in [1.82, 2.24) is 15.0 Å².